The van der Waals surface area contributed by atoms with E-state index >= 15 is 0 Å². The van der Waals surface area contributed by atoms with Crippen LogP contribution in [-0.2, 0) is 9.59 Å². The number of carboxylic acids is 1. The van der Waals surface area contributed by atoms with Gasteiger partial charge in [-0.2, -0.15) is 0 Å². The van der Waals surface area contributed by atoms with E-state index in [4.69, 9.17) is 5.11 Å². The normalized spacial score (nSPS) is 20.9. The maximum absolute atomic E-state index is 12.4. The molecule has 1 aliphatic carbocycles. The van der Waals surface area contributed by atoms with Crippen LogP contribution in [0.25, 0.3) is 0 Å². The number of benzene rings is 1. The first kappa shape index (κ1) is 16.0. The fourth-order valence-corrected chi connectivity index (χ4v) is 3.32. The summed E-state index contributed by atoms with van der Waals surface area (Å²) in [5, 5.41) is 12.2. The Labute approximate surface area is 136 Å². The van der Waals surface area contributed by atoms with Crippen LogP contribution in [0.5, 0.6) is 0 Å². The number of carboxylic acid groups (broad SMARTS) is 1. The largest absolute Gasteiger partial charge is 0.481 e. The van der Waals surface area contributed by atoms with Gasteiger partial charge in [0, 0.05) is 0 Å². The highest BCUT2D eigenvalue weighted by Gasteiger charge is 2.34. The monoisotopic (exact) mass is 316 g/mol. The van der Waals surface area contributed by atoms with Crippen molar-refractivity contribution in [1.82, 2.24) is 10.2 Å². The number of nitrogens with one attached hydrogen (secondary N) is 1. The summed E-state index contributed by atoms with van der Waals surface area (Å²) < 4.78 is 0. The van der Waals surface area contributed by atoms with Gasteiger partial charge in [0.2, 0.25) is 5.91 Å². The Kier molecular flexibility index (Phi) is 4.96. The molecule has 1 amide bonds. The standard InChI is InChI=1S/C18H24N2O3/c21-16(12-20-10-8-15(9-11-20)18(22)23)19-17(14-6-7-14)13-4-2-1-3-5-13/h1-5,14-15,17H,6-12H2,(H,19,21)(H,22,23). The molecule has 3 rings (SSSR count). The van der Waals surface area contributed by atoms with E-state index in [0.29, 0.717) is 38.4 Å². The first-order valence-electron chi connectivity index (χ1n) is 8.43. The van der Waals surface area contributed by atoms with Crippen LogP contribution in [0.4, 0.5) is 0 Å². The van der Waals surface area contributed by atoms with E-state index in [1.54, 1.807) is 0 Å². The number of hydrogen-bond acceptors (Lipinski definition) is 3. The molecular weight excluding hydrogens is 292 g/mol. The van der Waals surface area contributed by atoms with Crippen LogP contribution in [-0.4, -0.2) is 41.5 Å². The molecule has 1 saturated heterocycles. The molecule has 0 spiro atoms. The summed E-state index contributed by atoms with van der Waals surface area (Å²) in [5.41, 5.74) is 1.17. The third-order valence-electron chi connectivity index (χ3n) is 4.87. The Bertz CT molecular complexity index is 549. The second-order valence-electron chi connectivity index (χ2n) is 6.68. The van der Waals surface area contributed by atoms with E-state index in [2.05, 4.69) is 22.3 Å². The molecule has 5 heteroatoms. The number of nitrogens with zero attached hydrogens (tertiary/aromatic N) is 1. The summed E-state index contributed by atoms with van der Waals surface area (Å²) in [6, 6.07) is 10.3. The molecule has 1 unspecified atom stereocenters. The van der Waals surface area contributed by atoms with Crippen LogP contribution >= 0.6 is 0 Å². The second kappa shape index (κ2) is 7.13. The maximum atomic E-state index is 12.4. The molecule has 0 bridgehead atoms. The molecule has 5 nitrogen and oxygen atoms in total. The van der Waals surface area contributed by atoms with Crippen LogP contribution in [0.3, 0.4) is 0 Å². The van der Waals surface area contributed by atoms with Gasteiger partial charge in [0.1, 0.15) is 0 Å². The zero-order valence-corrected chi connectivity index (χ0v) is 13.3. The highest BCUT2D eigenvalue weighted by atomic mass is 16.4. The fraction of sp³-hybridized carbons (Fsp3) is 0.556. The third kappa shape index (κ3) is 4.32. The van der Waals surface area contributed by atoms with E-state index in [1.165, 1.54) is 18.4 Å². The van der Waals surface area contributed by atoms with E-state index in [9.17, 15) is 9.59 Å². The van der Waals surface area contributed by atoms with Crippen LogP contribution in [0, 0.1) is 11.8 Å². The van der Waals surface area contributed by atoms with E-state index in [-0.39, 0.29) is 17.9 Å². The molecule has 1 heterocycles. The molecule has 1 aromatic rings. The number of hydrogen-bond donors (Lipinski definition) is 2. The fourth-order valence-electron chi connectivity index (χ4n) is 3.32. The number of carbonyl (C=O) groups excluding carboxylic acids is 1. The Hall–Kier alpha value is -1.88. The van der Waals surface area contributed by atoms with Gasteiger partial charge in [0.15, 0.2) is 0 Å². The summed E-state index contributed by atoms with van der Waals surface area (Å²) in [5.74, 6) is -0.372. The lowest BCUT2D eigenvalue weighted by atomic mass is 9.97. The lowest BCUT2D eigenvalue weighted by molar-refractivity contribution is -0.143. The van der Waals surface area contributed by atoms with Crippen LogP contribution in [0.15, 0.2) is 30.3 Å². The summed E-state index contributed by atoms with van der Waals surface area (Å²) >= 11 is 0. The second-order valence-corrected chi connectivity index (χ2v) is 6.68. The Balaban J connectivity index is 1.51. The molecule has 0 radical (unpaired) electrons. The summed E-state index contributed by atoms with van der Waals surface area (Å²) in [6.45, 7) is 1.73. The van der Waals surface area contributed by atoms with Gasteiger partial charge in [-0.3, -0.25) is 14.5 Å². The third-order valence-corrected chi connectivity index (χ3v) is 4.87. The van der Waals surface area contributed by atoms with Crippen molar-refractivity contribution in [2.75, 3.05) is 19.6 Å². The van der Waals surface area contributed by atoms with Crippen molar-refractivity contribution in [3.63, 3.8) is 0 Å². The van der Waals surface area contributed by atoms with Crippen molar-refractivity contribution < 1.29 is 14.7 Å². The van der Waals surface area contributed by atoms with Gasteiger partial charge in [-0.25, -0.2) is 0 Å². The lowest BCUT2D eigenvalue weighted by Gasteiger charge is -2.30. The van der Waals surface area contributed by atoms with Crippen LogP contribution < -0.4 is 5.32 Å². The minimum atomic E-state index is -0.716. The SMILES string of the molecule is O=C(CN1CCC(C(=O)O)CC1)NC(c1ccccc1)C1CC1. The summed E-state index contributed by atoms with van der Waals surface area (Å²) in [4.78, 5) is 25.4. The van der Waals surface area contributed by atoms with Crippen molar-refractivity contribution in [3.8, 4) is 0 Å². The first-order chi connectivity index (χ1) is 11.1. The average molecular weight is 316 g/mol. The molecule has 1 aromatic carbocycles. The first-order valence-corrected chi connectivity index (χ1v) is 8.43. The Morgan fingerprint density at radius 2 is 1.78 bits per heavy atom. The minimum absolute atomic E-state index is 0.0412. The predicted molar refractivity (Wildman–Crippen MR) is 86.8 cm³/mol. The smallest absolute Gasteiger partial charge is 0.306 e. The van der Waals surface area contributed by atoms with E-state index in [0.717, 1.165) is 0 Å². The summed E-state index contributed by atoms with van der Waals surface area (Å²) in [6.07, 6.45) is 3.61. The highest BCUT2D eigenvalue weighted by Crippen LogP contribution is 2.40. The van der Waals surface area contributed by atoms with Gasteiger partial charge in [-0.15, -0.1) is 0 Å². The quantitative estimate of drug-likeness (QED) is 0.843. The van der Waals surface area contributed by atoms with Crippen molar-refractivity contribution in [2.24, 2.45) is 11.8 Å². The molecule has 23 heavy (non-hydrogen) atoms. The molecule has 1 aliphatic heterocycles. The van der Waals surface area contributed by atoms with Gasteiger partial charge >= 0.3 is 5.97 Å². The predicted octanol–water partition coefficient (Wildman–Crippen LogP) is 2.05. The van der Waals surface area contributed by atoms with Crippen LogP contribution in [0.1, 0.15) is 37.3 Å². The molecule has 1 saturated carbocycles. The number of likely N-dealkylation sites (tertiary alicyclic amines) is 1. The van der Waals surface area contributed by atoms with Gasteiger partial charge in [0.05, 0.1) is 18.5 Å². The number of aliphatic carboxylic acids is 1. The van der Waals surface area contributed by atoms with E-state index in [1.807, 2.05) is 18.2 Å². The van der Waals surface area contributed by atoms with Gasteiger partial charge in [0.25, 0.3) is 0 Å². The molecule has 124 valence electrons. The Morgan fingerprint density at radius 3 is 2.35 bits per heavy atom. The van der Waals surface area contributed by atoms with Gasteiger partial charge < -0.3 is 10.4 Å². The number of piperidine rings is 1. The molecule has 1 atom stereocenters. The van der Waals surface area contributed by atoms with Crippen molar-refractivity contribution in [3.05, 3.63) is 35.9 Å². The summed E-state index contributed by atoms with van der Waals surface area (Å²) in [7, 11) is 0. The maximum Gasteiger partial charge on any atom is 0.306 e. The van der Waals surface area contributed by atoms with Crippen molar-refractivity contribution in [2.45, 2.75) is 31.7 Å². The number of rotatable bonds is 6. The topological polar surface area (TPSA) is 69.6 Å². The molecule has 2 N–H and O–H groups in total. The van der Waals surface area contributed by atoms with Crippen LogP contribution in [0.2, 0.25) is 0 Å². The lowest BCUT2D eigenvalue weighted by Crippen LogP contribution is -2.43. The van der Waals surface area contributed by atoms with Crippen molar-refractivity contribution in [1.29, 1.82) is 0 Å². The zero-order chi connectivity index (χ0) is 16.2. The van der Waals surface area contributed by atoms with Gasteiger partial charge in [-0.1, -0.05) is 30.3 Å². The number of carbonyl (C=O) groups is 2. The minimum Gasteiger partial charge on any atom is -0.481 e. The van der Waals surface area contributed by atoms with Gasteiger partial charge in [-0.05, 0) is 50.3 Å². The molecule has 2 fully saturated rings. The van der Waals surface area contributed by atoms with Crippen molar-refractivity contribution >= 4 is 11.9 Å². The Morgan fingerprint density at radius 1 is 1.13 bits per heavy atom. The van der Waals surface area contributed by atoms with E-state index < -0.39 is 5.97 Å². The molecular formula is C18H24N2O3. The molecule has 0 aromatic heterocycles. The zero-order valence-electron chi connectivity index (χ0n) is 13.3. The average Bonchev–Trinajstić information content (AvgIpc) is 3.39. The highest BCUT2D eigenvalue weighted by molar-refractivity contribution is 5.78. The number of amides is 1. The molecule has 2 aliphatic rings.